The number of nitrogens with one attached hydrogen (secondary N) is 1. The number of benzene rings is 1. The molecule has 0 fully saturated rings. The lowest BCUT2D eigenvalue weighted by Gasteiger charge is -2.15. The van der Waals surface area contributed by atoms with Gasteiger partial charge in [0.1, 0.15) is 5.69 Å². The second-order valence-corrected chi connectivity index (χ2v) is 4.66. The van der Waals surface area contributed by atoms with E-state index in [4.69, 9.17) is 9.47 Å². The molecule has 2 N–H and O–H groups in total. The summed E-state index contributed by atoms with van der Waals surface area (Å²) in [6.45, 7) is 0.0853. The van der Waals surface area contributed by atoms with Gasteiger partial charge in [0.2, 0.25) is 0 Å². The van der Waals surface area contributed by atoms with Crippen LogP contribution in [0.4, 0.5) is 11.4 Å². The van der Waals surface area contributed by atoms with Crippen LogP contribution in [0.15, 0.2) is 36.7 Å². The van der Waals surface area contributed by atoms with Crippen LogP contribution in [0, 0.1) is 10.1 Å². The number of aromatic nitrogens is 1. The van der Waals surface area contributed by atoms with Crippen LogP contribution in [-0.2, 0) is 0 Å². The summed E-state index contributed by atoms with van der Waals surface area (Å²) in [5.41, 5.74) is 0.680. The van der Waals surface area contributed by atoms with Crippen molar-refractivity contribution in [3.05, 3.63) is 52.3 Å². The number of aliphatic hydroxyl groups excluding tert-OH is 1. The van der Waals surface area contributed by atoms with Crippen LogP contribution in [-0.4, -0.2) is 35.8 Å². The minimum absolute atomic E-state index is 0.0853. The largest absolute Gasteiger partial charge is 0.493 e. The monoisotopic (exact) mass is 319 g/mol. The van der Waals surface area contributed by atoms with Gasteiger partial charge in [-0.15, -0.1) is 0 Å². The van der Waals surface area contributed by atoms with Gasteiger partial charge >= 0.3 is 0 Å². The Labute approximate surface area is 132 Å². The number of nitro groups is 1. The molecule has 0 unspecified atom stereocenters. The Kier molecular flexibility index (Phi) is 5.32. The van der Waals surface area contributed by atoms with Crippen LogP contribution in [0.3, 0.4) is 0 Å². The fourth-order valence-corrected chi connectivity index (χ4v) is 2.06. The molecule has 0 aliphatic heterocycles. The topological polar surface area (TPSA) is 107 Å². The van der Waals surface area contributed by atoms with Gasteiger partial charge in [-0.2, -0.15) is 0 Å². The molecule has 0 spiro atoms. The number of anilines is 1. The van der Waals surface area contributed by atoms with E-state index in [-0.39, 0.29) is 23.7 Å². The number of rotatable bonds is 7. The van der Waals surface area contributed by atoms with E-state index in [0.29, 0.717) is 11.3 Å². The third-order valence-corrected chi connectivity index (χ3v) is 3.25. The molecule has 0 saturated heterocycles. The van der Waals surface area contributed by atoms with Crippen LogP contribution in [0.1, 0.15) is 11.7 Å². The number of pyridine rings is 1. The number of hydrogen-bond donors (Lipinski definition) is 2. The quantitative estimate of drug-likeness (QED) is 0.595. The second kappa shape index (κ2) is 7.41. The van der Waals surface area contributed by atoms with Crippen LogP contribution in [0.2, 0.25) is 0 Å². The van der Waals surface area contributed by atoms with E-state index in [1.54, 1.807) is 18.3 Å². The van der Waals surface area contributed by atoms with E-state index in [1.165, 1.54) is 32.5 Å². The van der Waals surface area contributed by atoms with Crippen molar-refractivity contribution in [1.29, 1.82) is 0 Å². The summed E-state index contributed by atoms with van der Waals surface area (Å²) in [5.74, 6) is 0.619. The standard InChI is InChI=1S/C15H17N3O5/c1-22-14-6-11(12(18(20)21)7-15(14)23-2)17-9-13(19)10-4-3-5-16-8-10/h3-8,13,17,19H,9H2,1-2H3/t13-/m0/s1. The fourth-order valence-electron chi connectivity index (χ4n) is 2.06. The van der Waals surface area contributed by atoms with Crippen LogP contribution < -0.4 is 14.8 Å². The molecule has 0 amide bonds. The number of aliphatic hydroxyl groups is 1. The van der Waals surface area contributed by atoms with Gasteiger partial charge in [0.05, 0.1) is 31.3 Å². The first kappa shape index (κ1) is 16.5. The molecule has 2 rings (SSSR count). The molecular formula is C15H17N3O5. The number of ether oxygens (including phenoxy) is 2. The molecule has 1 aromatic heterocycles. The predicted molar refractivity (Wildman–Crippen MR) is 83.9 cm³/mol. The molecule has 23 heavy (non-hydrogen) atoms. The van der Waals surface area contributed by atoms with E-state index in [0.717, 1.165) is 0 Å². The number of hydrogen-bond acceptors (Lipinski definition) is 7. The minimum Gasteiger partial charge on any atom is -0.493 e. The Hall–Kier alpha value is -2.87. The van der Waals surface area contributed by atoms with Crippen molar-refractivity contribution >= 4 is 11.4 Å². The molecule has 0 aliphatic carbocycles. The molecule has 1 aromatic carbocycles. The molecule has 1 heterocycles. The van der Waals surface area contributed by atoms with E-state index in [9.17, 15) is 15.2 Å². The molecule has 8 nitrogen and oxygen atoms in total. The highest BCUT2D eigenvalue weighted by Crippen LogP contribution is 2.37. The first-order valence-corrected chi connectivity index (χ1v) is 6.79. The molecule has 0 aliphatic rings. The molecule has 8 heteroatoms. The Bertz CT molecular complexity index is 678. The van der Waals surface area contributed by atoms with Crippen LogP contribution in [0.5, 0.6) is 11.5 Å². The molecule has 0 bridgehead atoms. The number of methoxy groups -OCH3 is 2. The molecule has 122 valence electrons. The zero-order valence-electron chi connectivity index (χ0n) is 12.7. The van der Waals surface area contributed by atoms with Gasteiger partial charge in [-0.25, -0.2) is 0 Å². The van der Waals surface area contributed by atoms with Crippen molar-refractivity contribution in [1.82, 2.24) is 4.98 Å². The average molecular weight is 319 g/mol. The SMILES string of the molecule is COc1cc(NC[C@H](O)c2cccnc2)c([N+](=O)[O-])cc1OC. The summed E-state index contributed by atoms with van der Waals surface area (Å²) in [6, 6.07) is 6.17. The highest BCUT2D eigenvalue weighted by Gasteiger charge is 2.20. The fraction of sp³-hybridized carbons (Fsp3) is 0.267. The van der Waals surface area contributed by atoms with Crippen molar-refractivity contribution < 1.29 is 19.5 Å². The maximum atomic E-state index is 11.2. The predicted octanol–water partition coefficient (Wildman–Crippen LogP) is 2.15. The summed E-state index contributed by atoms with van der Waals surface area (Å²) >= 11 is 0. The maximum Gasteiger partial charge on any atom is 0.296 e. The second-order valence-electron chi connectivity index (χ2n) is 4.66. The molecule has 1 atom stereocenters. The number of nitro benzene ring substituents is 1. The summed E-state index contributed by atoms with van der Waals surface area (Å²) in [5, 5.41) is 24.2. The highest BCUT2D eigenvalue weighted by molar-refractivity contribution is 5.68. The highest BCUT2D eigenvalue weighted by atomic mass is 16.6. The van der Waals surface area contributed by atoms with Gasteiger partial charge in [0, 0.05) is 30.6 Å². The summed E-state index contributed by atoms with van der Waals surface area (Å²) in [4.78, 5) is 14.6. The summed E-state index contributed by atoms with van der Waals surface area (Å²) < 4.78 is 10.2. The van der Waals surface area contributed by atoms with Crippen LogP contribution in [0.25, 0.3) is 0 Å². The number of nitrogens with zero attached hydrogens (tertiary/aromatic N) is 2. The van der Waals surface area contributed by atoms with Crippen molar-refractivity contribution in [3.63, 3.8) is 0 Å². The van der Waals surface area contributed by atoms with E-state index >= 15 is 0 Å². The first-order valence-electron chi connectivity index (χ1n) is 6.79. The average Bonchev–Trinajstić information content (AvgIpc) is 2.59. The summed E-state index contributed by atoms with van der Waals surface area (Å²) in [7, 11) is 2.85. The van der Waals surface area contributed by atoms with Gasteiger partial charge < -0.3 is 19.9 Å². The molecule has 0 radical (unpaired) electrons. The zero-order valence-corrected chi connectivity index (χ0v) is 12.7. The smallest absolute Gasteiger partial charge is 0.296 e. The van der Waals surface area contributed by atoms with Crippen molar-refractivity contribution in [2.75, 3.05) is 26.1 Å². The lowest BCUT2D eigenvalue weighted by atomic mass is 10.1. The van der Waals surface area contributed by atoms with Gasteiger partial charge in [0.25, 0.3) is 5.69 Å². The Morgan fingerprint density at radius 1 is 1.35 bits per heavy atom. The maximum absolute atomic E-state index is 11.2. The van der Waals surface area contributed by atoms with Gasteiger partial charge in [0.15, 0.2) is 11.5 Å². The van der Waals surface area contributed by atoms with Crippen molar-refractivity contribution in [2.45, 2.75) is 6.10 Å². The van der Waals surface area contributed by atoms with Gasteiger partial charge in [-0.3, -0.25) is 15.1 Å². The van der Waals surface area contributed by atoms with E-state index < -0.39 is 11.0 Å². The zero-order chi connectivity index (χ0) is 16.8. The van der Waals surface area contributed by atoms with Crippen molar-refractivity contribution in [3.8, 4) is 11.5 Å². The first-order chi connectivity index (χ1) is 11.1. The molecule has 2 aromatic rings. The third kappa shape index (κ3) is 3.86. The van der Waals surface area contributed by atoms with Gasteiger partial charge in [-0.05, 0) is 6.07 Å². The van der Waals surface area contributed by atoms with Crippen LogP contribution >= 0.6 is 0 Å². The van der Waals surface area contributed by atoms with Crippen molar-refractivity contribution in [2.24, 2.45) is 0 Å². The lowest BCUT2D eigenvalue weighted by molar-refractivity contribution is -0.384. The molecular weight excluding hydrogens is 302 g/mol. The Morgan fingerprint density at radius 3 is 2.61 bits per heavy atom. The Morgan fingerprint density at radius 2 is 2.04 bits per heavy atom. The van der Waals surface area contributed by atoms with Gasteiger partial charge in [-0.1, -0.05) is 6.07 Å². The normalized spacial score (nSPS) is 11.6. The van der Waals surface area contributed by atoms with E-state index in [1.807, 2.05) is 0 Å². The minimum atomic E-state index is -0.851. The molecule has 0 saturated carbocycles. The lowest BCUT2D eigenvalue weighted by Crippen LogP contribution is -2.13. The third-order valence-electron chi connectivity index (χ3n) is 3.25. The Balaban J connectivity index is 2.22. The van der Waals surface area contributed by atoms with E-state index in [2.05, 4.69) is 10.3 Å². The summed E-state index contributed by atoms with van der Waals surface area (Å²) in [6.07, 6.45) is 2.29.